The molecule has 0 spiro atoms. The normalized spacial score (nSPS) is 17.7. The van der Waals surface area contributed by atoms with Crippen LogP contribution >= 0.6 is 0 Å². The van der Waals surface area contributed by atoms with Crippen molar-refractivity contribution in [3.8, 4) is 0 Å². The molecule has 3 heterocycles. The topological polar surface area (TPSA) is 109 Å². The quantitative estimate of drug-likeness (QED) is 0.733. The van der Waals surface area contributed by atoms with Gasteiger partial charge in [0.2, 0.25) is 11.8 Å². The molecule has 2 saturated heterocycles. The minimum absolute atomic E-state index is 0.0256. The number of rotatable bonds is 5. The Bertz CT molecular complexity index is 1000. The van der Waals surface area contributed by atoms with Gasteiger partial charge in [-0.3, -0.25) is 19.2 Å². The molecule has 2 fully saturated rings. The average molecular weight is 416 g/mol. The highest BCUT2D eigenvalue weighted by Crippen LogP contribution is 2.25. The van der Waals surface area contributed by atoms with Gasteiger partial charge in [0.1, 0.15) is 5.82 Å². The van der Waals surface area contributed by atoms with Crippen LogP contribution in [0, 0.1) is 0 Å². The van der Waals surface area contributed by atoms with Crippen LogP contribution in [0.1, 0.15) is 12.8 Å². The maximum atomic E-state index is 12.6. The first-order valence-electron chi connectivity index (χ1n) is 9.21. The predicted molar refractivity (Wildman–Crippen MR) is 106 cm³/mol. The van der Waals surface area contributed by atoms with Crippen LogP contribution in [0.2, 0.25) is 0 Å². The van der Waals surface area contributed by atoms with Gasteiger partial charge in [-0.05, 0) is 36.4 Å². The summed E-state index contributed by atoms with van der Waals surface area (Å²) >= 11 is 0. The van der Waals surface area contributed by atoms with Gasteiger partial charge in [0, 0.05) is 25.9 Å². The lowest BCUT2D eigenvalue weighted by molar-refractivity contribution is -0.121. The Morgan fingerprint density at radius 1 is 0.931 bits per heavy atom. The largest absolute Gasteiger partial charge is 0.378 e. The SMILES string of the molecule is O=C1CCC(=O)N1c1ccc(S(=O)(=O)Nc2ccc(N3CCOCC3)nc2)cc1. The molecule has 0 radical (unpaired) electrons. The summed E-state index contributed by atoms with van der Waals surface area (Å²) in [5.74, 6) is 0.200. The van der Waals surface area contributed by atoms with Crippen molar-refractivity contribution in [1.29, 1.82) is 0 Å². The van der Waals surface area contributed by atoms with E-state index in [9.17, 15) is 18.0 Å². The molecular formula is C19H20N4O5S. The summed E-state index contributed by atoms with van der Waals surface area (Å²) in [6, 6.07) is 9.06. The predicted octanol–water partition coefficient (Wildman–Crippen LogP) is 1.37. The summed E-state index contributed by atoms with van der Waals surface area (Å²) in [4.78, 5) is 31.1. The van der Waals surface area contributed by atoms with E-state index in [4.69, 9.17) is 4.74 Å². The van der Waals surface area contributed by atoms with Crippen molar-refractivity contribution in [3.05, 3.63) is 42.6 Å². The van der Waals surface area contributed by atoms with E-state index in [1.807, 2.05) is 0 Å². The molecule has 0 atom stereocenters. The summed E-state index contributed by atoms with van der Waals surface area (Å²) in [7, 11) is -3.83. The number of nitrogens with zero attached hydrogens (tertiary/aromatic N) is 3. The van der Waals surface area contributed by atoms with Crippen molar-refractivity contribution >= 4 is 39.0 Å². The molecule has 0 bridgehead atoms. The van der Waals surface area contributed by atoms with E-state index in [-0.39, 0.29) is 29.6 Å². The number of benzene rings is 1. The van der Waals surface area contributed by atoms with Gasteiger partial charge in [0.25, 0.3) is 10.0 Å². The third kappa shape index (κ3) is 4.08. The molecule has 2 amide bonds. The Morgan fingerprint density at radius 2 is 1.59 bits per heavy atom. The Balaban J connectivity index is 1.47. The standard InChI is InChI=1S/C19H20N4O5S/c24-18-7-8-19(25)23(18)15-2-4-16(5-3-15)29(26,27)21-14-1-6-17(20-13-14)22-9-11-28-12-10-22/h1-6,13,21H,7-12H2. The highest BCUT2D eigenvalue weighted by molar-refractivity contribution is 7.92. The zero-order valence-corrected chi connectivity index (χ0v) is 16.4. The molecular weight excluding hydrogens is 396 g/mol. The fourth-order valence-corrected chi connectivity index (χ4v) is 4.32. The molecule has 10 heteroatoms. The second-order valence-electron chi connectivity index (χ2n) is 6.73. The van der Waals surface area contributed by atoms with Crippen molar-refractivity contribution in [2.45, 2.75) is 17.7 Å². The van der Waals surface area contributed by atoms with Crippen LogP contribution in [-0.2, 0) is 24.3 Å². The minimum atomic E-state index is -3.83. The molecule has 1 aromatic carbocycles. The zero-order valence-electron chi connectivity index (χ0n) is 15.6. The molecule has 152 valence electrons. The molecule has 1 aromatic heterocycles. The highest BCUT2D eigenvalue weighted by Gasteiger charge is 2.30. The molecule has 2 aliphatic rings. The van der Waals surface area contributed by atoms with Crippen LogP contribution in [0.5, 0.6) is 0 Å². The molecule has 1 N–H and O–H groups in total. The Labute approximate surface area is 168 Å². The van der Waals surface area contributed by atoms with Crippen LogP contribution in [0.3, 0.4) is 0 Å². The second kappa shape index (κ2) is 7.80. The summed E-state index contributed by atoms with van der Waals surface area (Å²) in [5.41, 5.74) is 0.712. The molecule has 9 nitrogen and oxygen atoms in total. The number of amides is 2. The van der Waals surface area contributed by atoms with Crippen molar-refractivity contribution < 1.29 is 22.7 Å². The van der Waals surface area contributed by atoms with Gasteiger partial charge in [-0.2, -0.15) is 0 Å². The molecule has 0 unspecified atom stereocenters. The Hall–Kier alpha value is -2.98. The van der Waals surface area contributed by atoms with E-state index in [2.05, 4.69) is 14.6 Å². The third-order valence-corrected chi connectivity index (χ3v) is 6.19. The van der Waals surface area contributed by atoms with Gasteiger partial charge in [-0.1, -0.05) is 0 Å². The smallest absolute Gasteiger partial charge is 0.261 e. The van der Waals surface area contributed by atoms with E-state index in [1.54, 1.807) is 12.1 Å². The number of pyridine rings is 1. The lowest BCUT2D eigenvalue weighted by atomic mass is 10.3. The fourth-order valence-electron chi connectivity index (χ4n) is 3.28. The number of hydrogen-bond donors (Lipinski definition) is 1. The molecule has 2 aliphatic heterocycles. The number of sulfonamides is 1. The number of carbonyl (C=O) groups is 2. The molecule has 29 heavy (non-hydrogen) atoms. The van der Waals surface area contributed by atoms with Gasteiger partial charge in [0.15, 0.2) is 0 Å². The number of anilines is 3. The van der Waals surface area contributed by atoms with Crippen LogP contribution in [0.4, 0.5) is 17.2 Å². The minimum Gasteiger partial charge on any atom is -0.378 e. The first-order valence-corrected chi connectivity index (χ1v) is 10.7. The monoisotopic (exact) mass is 416 g/mol. The van der Waals surface area contributed by atoms with Gasteiger partial charge >= 0.3 is 0 Å². The third-order valence-electron chi connectivity index (χ3n) is 4.79. The summed E-state index contributed by atoms with van der Waals surface area (Å²) < 4.78 is 33.1. The lowest BCUT2D eigenvalue weighted by Gasteiger charge is -2.27. The number of morpholine rings is 1. The number of carbonyl (C=O) groups excluding carboxylic acids is 2. The van der Waals surface area contributed by atoms with Crippen LogP contribution in [0.15, 0.2) is 47.5 Å². The van der Waals surface area contributed by atoms with Crippen molar-refractivity contribution in [2.24, 2.45) is 0 Å². The first kappa shape index (κ1) is 19.3. The highest BCUT2D eigenvalue weighted by atomic mass is 32.2. The van der Waals surface area contributed by atoms with E-state index in [1.165, 1.54) is 30.5 Å². The zero-order chi connectivity index (χ0) is 20.4. The van der Waals surface area contributed by atoms with Gasteiger partial charge in [0.05, 0.1) is 35.7 Å². The number of nitrogens with one attached hydrogen (secondary N) is 1. The summed E-state index contributed by atoms with van der Waals surface area (Å²) in [5, 5.41) is 0. The van der Waals surface area contributed by atoms with Crippen molar-refractivity contribution in [3.63, 3.8) is 0 Å². The Morgan fingerprint density at radius 3 is 2.17 bits per heavy atom. The first-order chi connectivity index (χ1) is 13.9. The number of aromatic nitrogens is 1. The van der Waals surface area contributed by atoms with Gasteiger partial charge in [-0.15, -0.1) is 0 Å². The van der Waals surface area contributed by atoms with E-state index in [0.717, 1.165) is 23.8 Å². The van der Waals surface area contributed by atoms with Gasteiger partial charge in [-0.25, -0.2) is 13.4 Å². The van der Waals surface area contributed by atoms with E-state index >= 15 is 0 Å². The van der Waals surface area contributed by atoms with Crippen LogP contribution in [0.25, 0.3) is 0 Å². The maximum absolute atomic E-state index is 12.6. The molecule has 2 aromatic rings. The summed E-state index contributed by atoms with van der Waals surface area (Å²) in [6.45, 7) is 2.76. The molecule has 4 rings (SSSR count). The second-order valence-corrected chi connectivity index (χ2v) is 8.41. The van der Waals surface area contributed by atoms with Gasteiger partial charge < -0.3 is 9.64 Å². The van der Waals surface area contributed by atoms with Crippen LogP contribution < -0.4 is 14.5 Å². The number of imide groups is 1. The van der Waals surface area contributed by atoms with Crippen molar-refractivity contribution in [2.75, 3.05) is 40.8 Å². The summed E-state index contributed by atoms with van der Waals surface area (Å²) in [6.07, 6.45) is 1.82. The molecule has 0 aliphatic carbocycles. The van der Waals surface area contributed by atoms with E-state index < -0.39 is 10.0 Å². The fraction of sp³-hybridized carbons (Fsp3) is 0.316. The van der Waals surface area contributed by atoms with E-state index in [0.29, 0.717) is 24.6 Å². The lowest BCUT2D eigenvalue weighted by Crippen LogP contribution is -2.36. The maximum Gasteiger partial charge on any atom is 0.261 e. The number of ether oxygens (including phenoxy) is 1. The Kier molecular flexibility index (Phi) is 5.20. The van der Waals surface area contributed by atoms with Crippen LogP contribution in [-0.4, -0.2) is 51.5 Å². The average Bonchev–Trinajstić information content (AvgIpc) is 3.07. The number of hydrogen-bond acceptors (Lipinski definition) is 7. The van der Waals surface area contributed by atoms with Crippen molar-refractivity contribution in [1.82, 2.24) is 4.98 Å². The molecule has 0 saturated carbocycles.